The lowest BCUT2D eigenvalue weighted by Gasteiger charge is -2.04. The minimum atomic E-state index is 0.498. The summed E-state index contributed by atoms with van der Waals surface area (Å²) < 4.78 is 1.94. The van der Waals surface area contributed by atoms with Gasteiger partial charge in [-0.2, -0.15) is 5.10 Å². The molecule has 0 aliphatic heterocycles. The summed E-state index contributed by atoms with van der Waals surface area (Å²) in [6.45, 7) is 4.35. The maximum atomic E-state index is 4.39. The van der Waals surface area contributed by atoms with E-state index in [4.69, 9.17) is 0 Å². The third kappa shape index (κ3) is 1.20. The molecule has 13 heavy (non-hydrogen) atoms. The molecule has 2 rings (SSSR count). The van der Waals surface area contributed by atoms with Crippen LogP contribution in [0.2, 0.25) is 0 Å². The van der Waals surface area contributed by atoms with E-state index in [0.29, 0.717) is 5.92 Å². The van der Waals surface area contributed by atoms with E-state index < -0.39 is 0 Å². The van der Waals surface area contributed by atoms with Crippen LogP contribution in [0.4, 0.5) is 0 Å². The summed E-state index contributed by atoms with van der Waals surface area (Å²) in [4.78, 5) is 4.05. The lowest BCUT2D eigenvalue weighted by molar-refractivity contribution is 0.677. The van der Waals surface area contributed by atoms with E-state index in [1.807, 2.05) is 24.0 Å². The molecule has 0 radical (unpaired) electrons. The first-order valence-corrected chi connectivity index (χ1v) is 4.46. The largest absolute Gasteiger partial charge is 0.271 e. The van der Waals surface area contributed by atoms with Gasteiger partial charge in [0.1, 0.15) is 5.52 Å². The van der Waals surface area contributed by atoms with E-state index in [-0.39, 0.29) is 0 Å². The lowest BCUT2D eigenvalue weighted by Crippen LogP contribution is -1.99. The Balaban J connectivity index is 2.78. The van der Waals surface area contributed by atoms with Crippen LogP contribution in [0, 0.1) is 0 Å². The number of aromatic nitrogens is 3. The normalized spacial score (nSPS) is 11.4. The molecule has 0 bridgehead atoms. The molecule has 0 aromatic carbocycles. The van der Waals surface area contributed by atoms with Crippen molar-refractivity contribution in [3.05, 3.63) is 24.2 Å². The standard InChI is InChI=1S/C10H13N3/c1-7(2)10-8-4-5-11-6-9(8)12-13(10)3/h4-7H,1-3H3. The van der Waals surface area contributed by atoms with Gasteiger partial charge in [-0.15, -0.1) is 0 Å². The number of hydrogen-bond acceptors (Lipinski definition) is 2. The summed E-state index contributed by atoms with van der Waals surface area (Å²) in [5.41, 5.74) is 2.26. The number of pyridine rings is 1. The molecule has 0 N–H and O–H groups in total. The molecule has 68 valence electrons. The fourth-order valence-corrected chi connectivity index (χ4v) is 1.76. The molecule has 0 amide bonds. The van der Waals surface area contributed by atoms with Gasteiger partial charge in [0.15, 0.2) is 0 Å². The van der Waals surface area contributed by atoms with Crippen molar-refractivity contribution < 1.29 is 0 Å². The Morgan fingerprint density at radius 1 is 1.38 bits per heavy atom. The van der Waals surface area contributed by atoms with E-state index in [1.165, 1.54) is 11.1 Å². The van der Waals surface area contributed by atoms with Crippen LogP contribution in [-0.4, -0.2) is 14.8 Å². The summed E-state index contributed by atoms with van der Waals surface area (Å²) in [5, 5.41) is 5.60. The van der Waals surface area contributed by atoms with Gasteiger partial charge in [-0.25, -0.2) is 0 Å². The van der Waals surface area contributed by atoms with Gasteiger partial charge < -0.3 is 0 Å². The van der Waals surface area contributed by atoms with Crippen LogP contribution < -0.4 is 0 Å². The minimum Gasteiger partial charge on any atom is -0.271 e. The topological polar surface area (TPSA) is 30.7 Å². The van der Waals surface area contributed by atoms with Gasteiger partial charge in [-0.05, 0) is 12.0 Å². The van der Waals surface area contributed by atoms with Crippen LogP contribution in [0.1, 0.15) is 25.5 Å². The molecule has 0 aliphatic carbocycles. The fraction of sp³-hybridized carbons (Fsp3) is 0.400. The Hall–Kier alpha value is -1.38. The van der Waals surface area contributed by atoms with E-state index in [0.717, 1.165) is 5.52 Å². The SMILES string of the molecule is CC(C)c1c2ccncc2nn1C. The van der Waals surface area contributed by atoms with Crippen molar-refractivity contribution in [1.29, 1.82) is 0 Å². The van der Waals surface area contributed by atoms with Crippen molar-refractivity contribution in [3.63, 3.8) is 0 Å². The van der Waals surface area contributed by atoms with Crippen molar-refractivity contribution in [2.75, 3.05) is 0 Å². The lowest BCUT2D eigenvalue weighted by atomic mass is 10.1. The first-order valence-electron chi connectivity index (χ1n) is 4.46. The van der Waals surface area contributed by atoms with E-state index in [1.54, 1.807) is 6.20 Å². The molecular formula is C10H13N3. The average Bonchev–Trinajstić information content (AvgIpc) is 2.39. The van der Waals surface area contributed by atoms with Crippen molar-refractivity contribution in [3.8, 4) is 0 Å². The average molecular weight is 175 g/mol. The molecule has 0 saturated heterocycles. The molecule has 0 unspecified atom stereocenters. The molecular weight excluding hydrogens is 162 g/mol. The van der Waals surface area contributed by atoms with E-state index in [2.05, 4.69) is 23.9 Å². The third-order valence-corrected chi connectivity index (χ3v) is 2.23. The molecule has 0 fully saturated rings. The van der Waals surface area contributed by atoms with Crippen LogP contribution in [0.3, 0.4) is 0 Å². The monoisotopic (exact) mass is 175 g/mol. The van der Waals surface area contributed by atoms with Crippen molar-refractivity contribution in [2.45, 2.75) is 19.8 Å². The Morgan fingerprint density at radius 3 is 2.85 bits per heavy atom. The Kier molecular flexibility index (Phi) is 1.79. The summed E-state index contributed by atoms with van der Waals surface area (Å²) >= 11 is 0. The smallest absolute Gasteiger partial charge is 0.111 e. The summed E-state index contributed by atoms with van der Waals surface area (Å²) in [7, 11) is 1.98. The van der Waals surface area contributed by atoms with Gasteiger partial charge in [0.25, 0.3) is 0 Å². The van der Waals surface area contributed by atoms with Crippen LogP contribution in [0.15, 0.2) is 18.5 Å². The number of rotatable bonds is 1. The Labute approximate surface area is 77.4 Å². The highest BCUT2D eigenvalue weighted by atomic mass is 15.3. The molecule has 3 nitrogen and oxygen atoms in total. The molecule has 0 spiro atoms. The maximum absolute atomic E-state index is 4.39. The molecule has 2 aromatic rings. The molecule has 3 heteroatoms. The van der Waals surface area contributed by atoms with E-state index >= 15 is 0 Å². The van der Waals surface area contributed by atoms with Crippen LogP contribution in [0.5, 0.6) is 0 Å². The van der Waals surface area contributed by atoms with Crippen LogP contribution >= 0.6 is 0 Å². The first-order chi connectivity index (χ1) is 6.20. The Bertz CT molecular complexity index is 429. The van der Waals surface area contributed by atoms with Gasteiger partial charge in [-0.3, -0.25) is 9.67 Å². The van der Waals surface area contributed by atoms with Crippen molar-refractivity contribution in [1.82, 2.24) is 14.8 Å². The highest BCUT2D eigenvalue weighted by molar-refractivity contribution is 5.80. The zero-order valence-electron chi connectivity index (χ0n) is 8.15. The first kappa shape index (κ1) is 8.23. The zero-order valence-corrected chi connectivity index (χ0v) is 8.15. The number of aryl methyl sites for hydroxylation is 1. The molecule has 2 aromatic heterocycles. The fourth-order valence-electron chi connectivity index (χ4n) is 1.76. The van der Waals surface area contributed by atoms with Crippen LogP contribution in [-0.2, 0) is 7.05 Å². The Morgan fingerprint density at radius 2 is 2.15 bits per heavy atom. The number of nitrogens with zero attached hydrogens (tertiary/aromatic N) is 3. The zero-order chi connectivity index (χ0) is 9.42. The van der Waals surface area contributed by atoms with Gasteiger partial charge in [0.2, 0.25) is 0 Å². The van der Waals surface area contributed by atoms with Gasteiger partial charge in [0, 0.05) is 24.3 Å². The predicted molar refractivity (Wildman–Crippen MR) is 52.6 cm³/mol. The predicted octanol–water partition coefficient (Wildman–Crippen LogP) is 2.09. The second-order valence-electron chi connectivity index (χ2n) is 3.56. The van der Waals surface area contributed by atoms with Crippen molar-refractivity contribution >= 4 is 10.9 Å². The summed E-state index contributed by atoms with van der Waals surface area (Å²) in [5.74, 6) is 0.498. The second kappa shape index (κ2) is 2.83. The second-order valence-corrected chi connectivity index (χ2v) is 3.56. The molecule has 0 saturated carbocycles. The quantitative estimate of drug-likeness (QED) is 0.664. The minimum absolute atomic E-state index is 0.498. The van der Waals surface area contributed by atoms with Crippen LogP contribution in [0.25, 0.3) is 10.9 Å². The van der Waals surface area contributed by atoms with Gasteiger partial charge in [0.05, 0.1) is 6.20 Å². The van der Waals surface area contributed by atoms with Gasteiger partial charge >= 0.3 is 0 Å². The summed E-state index contributed by atoms with van der Waals surface area (Å²) in [6.07, 6.45) is 3.62. The molecule has 0 aliphatic rings. The third-order valence-electron chi connectivity index (χ3n) is 2.23. The number of fused-ring (bicyclic) bond motifs is 1. The molecule has 0 atom stereocenters. The highest BCUT2D eigenvalue weighted by Gasteiger charge is 2.10. The van der Waals surface area contributed by atoms with E-state index in [9.17, 15) is 0 Å². The number of hydrogen-bond donors (Lipinski definition) is 0. The maximum Gasteiger partial charge on any atom is 0.111 e. The van der Waals surface area contributed by atoms with Crippen molar-refractivity contribution in [2.24, 2.45) is 7.05 Å². The molecule has 2 heterocycles. The summed E-state index contributed by atoms with van der Waals surface area (Å²) in [6, 6.07) is 2.03. The van der Waals surface area contributed by atoms with Gasteiger partial charge in [-0.1, -0.05) is 13.8 Å². The highest BCUT2D eigenvalue weighted by Crippen LogP contribution is 2.23.